The molecule has 6 N–H and O–H groups in total. The van der Waals surface area contributed by atoms with E-state index >= 15 is 0 Å². The molecule has 15 heteroatoms. The number of aliphatic carboxylic acids is 1. The summed E-state index contributed by atoms with van der Waals surface area (Å²) in [6.45, 7) is 6.22. The maximum atomic E-state index is 13.1. The number of dihydropyridines is 1. The number of esters is 1. The first-order valence-corrected chi connectivity index (χ1v) is 14.9. The number of carboxylic acid groups (broad SMARTS) is 1. The molecule has 242 valence electrons. The SMILES string of the molecule is CC1=C(C(=O)O)C(c2cccc([N+](=O)[O-])c2)C(C(=O)OCCNC(=O)SNCCNCC(O)COc2ccccc2C)=C(C)N1. The Kier molecular flexibility index (Phi) is 13.4. The molecule has 0 aliphatic carbocycles. The molecule has 3 rings (SSSR count). The molecule has 2 aromatic rings. The van der Waals surface area contributed by atoms with Crippen molar-refractivity contribution in [3.05, 3.63) is 92.3 Å². The van der Waals surface area contributed by atoms with Gasteiger partial charge in [-0.25, -0.2) is 9.59 Å². The van der Waals surface area contributed by atoms with Crippen molar-refractivity contribution < 1.29 is 39.0 Å². The second-order valence-electron chi connectivity index (χ2n) is 10.1. The highest BCUT2D eigenvalue weighted by Gasteiger charge is 2.37. The van der Waals surface area contributed by atoms with Crippen LogP contribution in [0.25, 0.3) is 0 Å². The molecule has 0 saturated heterocycles. The third kappa shape index (κ3) is 10.3. The van der Waals surface area contributed by atoms with Crippen molar-refractivity contribution >= 4 is 34.8 Å². The zero-order valence-corrected chi connectivity index (χ0v) is 25.9. The van der Waals surface area contributed by atoms with E-state index in [-0.39, 0.29) is 42.2 Å². The zero-order valence-electron chi connectivity index (χ0n) is 25.1. The Hall–Kier alpha value is -4.44. The number of carbonyl (C=O) groups excluding carboxylic acids is 2. The maximum Gasteiger partial charge on any atom is 0.336 e. The number of rotatable bonds is 16. The summed E-state index contributed by atoms with van der Waals surface area (Å²) in [5.41, 5.74) is 1.50. The number of aliphatic hydroxyl groups excluding tert-OH is 1. The van der Waals surface area contributed by atoms with Crippen LogP contribution in [0.1, 0.15) is 30.9 Å². The van der Waals surface area contributed by atoms with Crippen LogP contribution < -0.4 is 25.4 Å². The molecule has 0 saturated carbocycles. The van der Waals surface area contributed by atoms with Gasteiger partial charge in [0.25, 0.3) is 10.9 Å². The Balaban J connectivity index is 1.40. The predicted octanol–water partition coefficient (Wildman–Crippen LogP) is 2.74. The van der Waals surface area contributed by atoms with Crippen LogP contribution in [0.2, 0.25) is 0 Å². The van der Waals surface area contributed by atoms with Crippen LogP contribution in [-0.4, -0.2) is 77.8 Å². The molecule has 2 unspecified atom stereocenters. The minimum absolute atomic E-state index is 0.000210. The number of aliphatic hydroxyl groups is 1. The van der Waals surface area contributed by atoms with E-state index in [1.807, 2.05) is 31.2 Å². The van der Waals surface area contributed by atoms with Crippen molar-refractivity contribution in [3.63, 3.8) is 0 Å². The van der Waals surface area contributed by atoms with Gasteiger partial charge in [0.1, 0.15) is 25.1 Å². The molecule has 45 heavy (non-hydrogen) atoms. The lowest BCUT2D eigenvalue weighted by Gasteiger charge is -2.29. The Morgan fingerprint density at radius 1 is 1.04 bits per heavy atom. The van der Waals surface area contributed by atoms with E-state index in [0.717, 1.165) is 23.3 Å². The third-order valence-corrected chi connectivity index (χ3v) is 7.38. The fraction of sp³-hybridized carbons (Fsp3) is 0.367. The van der Waals surface area contributed by atoms with Crippen LogP contribution in [0.3, 0.4) is 0 Å². The van der Waals surface area contributed by atoms with Crippen LogP contribution >= 0.6 is 11.9 Å². The number of carbonyl (C=O) groups is 3. The molecule has 0 radical (unpaired) electrons. The summed E-state index contributed by atoms with van der Waals surface area (Å²) in [5.74, 6) is -2.50. The number of non-ortho nitro benzene ring substituents is 1. The highest BCUT2D eigenvalue weighted by molar-refractivity contribution is 8.11. The number of nitro benzene ring substituents is 1. The summed E-state index contributed by atoms with van der Waals surface area (Å²) in [4.78, 5) is 48.2. The number of amides is 1. The number of hydrogen-bond donors (Lipinski definition) is 6. The summed E-state index contributed by atoms with van der Waals surface area (Å²) in [6, 6.07) is 13.0. The van der Waals surface area contributed by atoms with Crippen LogP contribution in [0.5, 0.6) is 5.75 Å². The van der Waals surface area contributed by atoms with Gasteiger partial charge in [0.2, 0.25) is 0 Å². The van der Waals surface area contributed by atoms with E-state index in [0.29, 0.717) is 31.0 Å². The number of aryl methyl sites for hydroxylation is 1. The number of benzene rings is 2. The van der Waals surface area contributed by atoms with Gasteiger partial charge in [-0.1, -0.05) is 30.3 Å². The number of nitro groups is 1. The van der Waals surface area contributed by atoms with Crippen molar-refractivity contribution in [2.24, 2.45) is 0 Å². The number of hydrogen-bond acceptors (Lipinski definition) is 12. The highest BCUT2D eigenvalue weighted by Crippen LogP contribution is 2.39. The summed E-state index contributed by atoms with van der Waals surface area (Å²) < 4.78 is 13.9. The molecule has 0 bridgehead atoms. The first kappa shape index (κ1) is 35.0. The Bertz CT molecular complexity index is 1460. The van der Waals surface area contributed by atoms with Crippen molar-refractivity contribution in [2.45, 2.75) is 32.8 Å². The average molecular weight is 644 g/mol. The summed E-state index contributed by atoms with van der Waals surface area (Å²) in [6.07, 6.45) is -0.704. The Labute approximate surface area is 264 Å². The van der Waals surface area contributed by atoms with E-state index in [2.05, 4.69) is 20.7 Å². The van der Waals surface area contributed by atoms with Gasteiger partial charge < -0.3 is 35.6 Å². The number of para-hydroxylation sites is 1. The lowest BCUT2D eigenvalue weighted by molar-refractivity contribution is -0.384. The van der Waals surface area contributed by atoms with Gasteiger partial charge in [-0.2, -0.15) is 0 Å². The van der Waals surface area contributed by atoms with E-state index < -0.39 is 34.1 Å². The minimum atomic E-state index is -1.29. The highest BCUT2D eigenvalue weighted by atomic mass is 32.2. The second kappa shape index (κ2) is 17.2. The molecule has 2 atom stereocenters. The van der Waals surface area contributed by atoms with Gasteiger partial charge in [0.05, 0.1) is 28.5 Å². The number of carboxylic acids is 1. The van der Waals surface area contributed by atoms with Gasteiger partial charge in [0, 0.05) is 55.1 Å². The number of nitrogens with zero attached hydrogens (tertiary/aromatic N) is 1. The van der Waals surface area contributed by atoms with Gasteiger partial charge in [-0.05, 0) is 38.0 Å². The van der Waals surface area contributed by atoms with E-state index in [1.54, 1.807) is 13.8 Å². The molecule has 1 aliphatic rings. The van der Waals surface area contributed by atoms with Crippen LogP contribution in [-0.2, 0) is 14.3 Å². The van der Waals surface area contributed by atoms with E-state index in [4.69, 9.17) is 9.47 Å². The zero-order chi connectivity index (χ0) is 32.9. The van der Waals surface area contributed by atoms with Crippen molar-refractivity contribution in [1.29, 1.82) is 0 Å². The van der Waals surface area contributed by atoms with Crippen molar-refractivity contribution in [3.8, 4) is 5.75 Å². The van der Waals surface area contributed by atoms with Crippen LogP contribution in [0.4, 0.5) is 10.5 Å². The molecular formula is C30H37N5O9S. The van der Waals surface area contributed by atoms with Crippen LogP contribution in [0.15, 0.2) is 71.1 Å². The molecular weight excluding hydrogens is 606 g/mol. The first-order chi connectivity index (χ1) is 21.5. The van der Waals surface area contributed by atoms with Gasteiger partial charge in [-0.15, -0.1) is 0 Å². The first-order valence-electron chi connectivity index (χ1n) is 14.1. The molecule has 0 spiro atoms. The number of allylic oxidation sites excluding steroid dienone is 2. The van der Waals surface area contributed by atoms with Crippen molar-refractivity contribution in [2.75, 3.05) is 39.4 Å². The molecule has 14 nitrogen and oxygen atoms in total. The average Bonchev–Trinajstić information content (AvgIpc) is 2.99. The largest absolute Gasteiger partial charge is 0.491 e. The normalized spacial score (nSPS) is 15.2. The Morgan fingerprint density at radius 3 is 2.49 bits per heavy atom. The molecule has 1 heterocycles. The number of nitrogens with one attached hydrogen (secondary N) is 4. The fourth-order valence-electron chi connectivity index (χ4n) is 4.60. The third-order valence-electron chi connectivity index (χ3n) is 6.70. The van der Waals surface area contributed by atoms with Gasteiger partial charge >= 0.3 is 11.9 Å². The van der Waals surface area contributed by atoms with E-state index in [1.165, 1.54) is 24.3 Å². The quantitative estimate of drug-likeness (QED) is 0.0513. The van der Waals surface area contributed by atoms with Crippen LogP contribution in [0, 0.1) is 17.0 Å². The lowest BCUT2D eigenvalue weighted by atomic mass is 9.80. The minimum Gasteiger partial charge on any atom is -0.491 e. The van der Waals surface area contributed by atoms with Gasteiger partial charge in [0.15, 0.2) is 0 Å². The monoisotopic (exact) mass is 643 g/mol. The summed E-state index contributed by atoms with van der Waals surface area (Å²) in [5, 5.41) is 39.5. The predicted molar refractivity (Wildman–Crippen MR) is 168 cm³/mol. The summed E-state index contributed by atoms with van der Waals surface area (Å²) in [7, 11) is 0. The molecule has 2 aromatic carbocycles. The van der Waals surface area contributed by atoms with Gasteiger partial charge in [-0.3, -0.25) is 19.6 Å². The molecule has 1 aliphatic heterocycles. The molecule has 1 amide bonds. The molecule has 0 fully saturated rings. The second-order valence-corrected chi connectivity index (χ2v) is 10.9. The lowest BCUT2D eigenvalue weighted by Crippen LogP contribution is -2.35. The fourth-order valence-corrected chi connectivity index (χ4v) is 5.11. The Morgan fingerprint density at radius 2 is 1.78 bits per heavy atom. The standard InChI is InChI=1S/C30H37N5O9S/c1-18-7-4-5-10-24(18)44-17-23(36)16-31-11-12-33-45-30(40)32-13-14-43-29(39)26-20(3)34-19(2)25(28(37)38)27(26)21-8-6-9-22(15-21)35(41)42/h4-10,15,23,27,31,33-34,36H,11-14,16-17H2,1-3H3,(H,32,40)(H,37,38). The summed E-state index contributed by atoms with van der Waals surface area (Å²) >= 11 is 0.823. The number of ether oxygens (including phenoxy) is 2. The maximum absolute atomic E-state index is 13.1. The smallest absolute Gasteiger partial charge is 0.336 e. The van der Waals surface area contributed by atoms with Crippen molar-refractivity contribution in [1.82, 2.24) is 20.7 Å². The molecule has 0 aromatic heterocycles. The van der Waals surface area contributed by atoms with E-state index in [9.17, 15) is 34.7 Å². The topological polar surface area (TPSA) is 201 Å².